The van der Waals surface area contributed by atoms with Gasteiger partial charge in [0.1, 0.15) is 126 Å². The Labute approximate surface area is 650 Å². The van der Waals surface area contributed by atoms with Crippen molar-refractivity contribution in [3.63, 3.8) is 0 Å². The lowest BCUT2D eigenvalue weighted by Crippen LogP contribution is -2.62. The highest BCUT2D eigenvalue weighted by atomic mass is 32.1. The summed E-state index contributed by atoms with van der Waals surface area (Å²) in [5.74, 6) is -8.56. The van der Waals surface area contributed by atoms with Gasteiger partial charge in [-0.25, -0.2) is 39.5 Å². The zero-order valence-corrected chi connectivity index (χ0v) is 64.3. The predicted molar refractivity (Wildman–Crippen MR) is 400 cm³/mol. The van der Waals surface area contributed by atoms with Gasteiger partial charge in [0.2, 0.25) is 17.7 Å². The Hall–Kier alpha value is -10.7. The molecule has 36 nitrogen and oxygen atoms in total. The Morgan fingerprint density at radius 1 is 0.829 bits per heavy atom. The number of aliphatic hydroxyl groups excluding tert-OH is 1. The third-order valence-electron chi connectivity index (χ3n) is 18.6. The normalized spacial score (nSPS) is 22.9. The number of fused-ring (bicyclic) bond motifs is 15. The van der Waals surface area contributed by atoms with Crippen molar-refractivity contribution in [1.82, 2.24) is 76.0 Å². The summed E-state index contributed by atoms with van der Waals surface area (Å²) < 4.78 is 38.3. The SMILES string of the molecule is CO/C(C)=C1/NC(=O)[C@H]([C@@H](C)O)NC(=O)c2csc(n2)-c2cc(O)c(-c3nc(C(=O)NC(CN(C)CCC(=O)Nc4ccncc4)C(N)=O)cs3)nc2-c2csc(n2)[C@@H]2COC(=O)c3c4c5c(cccc5n3O)COC(=O)[C@@H](O[C@H]3C[C@](C)(O)[C@H](N(C)C)[C@H](C)O3)[C@@H](OC4)[C@H](NC(=O)c3csc1n3)c1nc(cs1)C(=O)N2. The van der Waals surface area contributed by atoms with E-state index in [0.717, 1.165) is 56.7 Å². The minimum absolute atomic E-state index is 0.000842. The number of hydrogen-bond acceptors (Lipinski definition) is 33. The molecule has 1 fully saturated rings. The van der Waals surface area contributed by atoms with Crippen LogP contribution in [0.25, 0.3) is 49.3 Å². The van der Waals surface area contributed by atoms with E-state index in [-0.39, 0.29) is 136 Å². The lowest BCUT2D eigenvalue weighted by atomic mass is 9.85. The van der Waals surface area contributed by atoms with Gasteiger partial charge in [0, 0.05) is 87.4 Å². The second kappa shape index (κ2) is 32.7. The molecule has 12 bridgehead atoms. The molecule has 7 amide bonds. The van der Waals surface area contributed by atoms with E-state index >= 15 is 19.2 Å². The second-order valence-electron chi connectivity index (χ2n) is 26.8. The Morgan fingerprint density at radius 2 is 1.50 bits per heavy atom. The molecule has 1 saturated heterocycles. The Balaban J connectivity index is 0.920. The molecule has 582 valence electrons. The number of carbonyl (C=O) groups is 9. The zero-order valence-electron chi connectivity index (χ0n) is 60.2. The van der Waals surface area contributed by atoms with Crippen molar-refractivity contribution in [2.75, 3.05) is 53.3 Å². The number of benzene rings is 1. The van der Waals surface area contributed by atoms with Crippen molar-refractivity contribution in [2.24, 2.45) is 5.73 Å². The van der Waals surface area contributed by atoms with Crippen LogP contribution < -0.4 is 37.6 Å². The van der Waals surface area contributed by atoms with E-state index in [1.807, 2.05) is 0 Å². The largest absolute Gasteiger partial charge is 0.506 e. The van der Waals surface area contributed by atoms with Crippen LogP contribution in [0.4, 0.5) is 5.69 Å². The van der Waals surface area contributed by atoms with Gasteiger partial charge >= 0.3 is 11.9 Å². The summed E-state index contributed by atoms with van der Waals surface area (Å²) in [6.07, 6.45) is -4.57. The number of nitrogens with two attached hydrogens (primary N) is 1. The zero-order chi connectivity index (χ0) is 79.0. The number of cyclic esters (lactones) is 2. The number of amides is 7. The summed E-state index contributed by atoms with van der Waals surface area (Å²) >= 11 is 4.43. The van der Waals surface area contributed by atoms with Crippen LogP contribution in [0.2, 0.25) is 0 Å². The number of aromatic hydroxyl groups is 1. The molecule has 8 aromatic heterocycles. The number of aromatic nitrogens is 8. The number of pyridine rings is 2. The number of aliphatic hydroxyl groups is 2. The fourth-order valence-corrected chi connectivity index (χ4v) is 17.4. The third kappa shape index (κ3) is 16.7. The molecule has 111 heavy (non-hydrogen) atoms. The molecular formula is C70H73N17O19S5. The molecular weight excluding hydrogens is 1540 g/mol. The number of primary amides is 1. The molecule has 13 rings (SSSR count). The van der Waals surface area contributed by atoms with Crippen LogP contribution in [0.5, 0.6) is 5.75 Å². The summed E-state index contributed by atoms with van der Waals surface area (Å²) in [5, 5.41) is 70.9. The van der Waals surface area contributed by atoms with Gasteiger partial charge in [0.25, 0.3) is 23.6 Å². The summed E-state index contributed by atoms with van der Waals surface area (Å²) in [4.78, 5) is 165. The summed E-state index contributed by atoms with van der Waals surface area (Å²) in [6.45, 7) is 4.24. The Morgan fingerprint density at radius 3 is 2.23 bits per heavy atom. The van der Waals surface area contributed by atoms with Crippen LogP contribution in [0.15, 0.2) is 81.5 Å². The molecule has 4 aliphatic heterocycles. The van der Waals surface area contributed by atoms with Crippen LogP contribution in [-0.2, 0) is 60.8 Å². The number of rotatable bonds is 15. The minimum Gasteiger partial charge on any atom is -0.506 e. The van der Waals surface area contributed by atoms with Crippen LogP contribution in [0.1, 0.15) is 131 Å². The summed E-state index contributed by atoms with van der Waals surface area (Å²) in [5.41, 5.74) is 3.27. The van der Waals surface area contributed by atoms with E-state index in [0.29, 0.717) is 10.4 Å². The number of nitrogens with one attached hydrogen (secondary N) is 6. The molecule has 11 atom stereocenters. The second-order valence-corrected chi connectivity index (χ2v) is 31.1. The average molecular weight is 1620 g/mol. The molecule has 12 heterocycles. The number of likely N-dealkylation sites (N-methyl/N-ethyl adjacent to an activating group) is 2. The van der Waals surface area contributed by atoms with Crippen molar-refractivity contribution in [2.45, 2.75) is 120 Å². The molecule has 1 unspecified atom stereocenters. The predicted octanol–water partition coefficient (Wildman–Crippen LogP) is 4.10. The molecule has 12 N–H and O–H groups in total. The summed E-state index contributed by atoms with van der Waals surface area (Å²) in [7, 11) is 6.46. The number of nitrogens with zero attached hydrogens (tertiary/aromatic N) is 10. The number of hydrogen-bond donors (Lipinski definition) is 11. The van der Waals surface area contributed by atoms with Crippen molar-refractivity contribution < 1.29 is 92.1 Å². The van der Waals surface area contributed by atoms with Crippen molar-refractivity contribution >= 4 is 132 Å². The monoisotopic (exact) mass is 1620 g/mol. The van der Waals surface area contributed by atoms with E-state index in [9.17, 15) is 44.5 Å². The fraction of sp³-hybridized carbons (Fsp3) is 0.371. The van der Waals surface area contributed by atoms with Crippen LogP contribution in [0, 0.1) is 0 Å². The first kappa shape index (κ1) is 78.4. The van der Waals surface area contributed by atoms with Gasteiger partial charge in [-0.1, -0.05) is 12.1 Å². The number of esters is 2. The first-order chi connectivity index (χ1) is 53.0. The maximum Gasteiger partial charge on any atom is 0.358 e. The highest BCUT2D eigenvalue weighted by Crippen LogP contribution is 2.43. The third-order valence-corrected chi connectivity index (χ3v) is 23.1. The van der Waals surface area contributed by atoms with Crippen molar-refractivity contribution in [3.05, 3.63) is 136 Å². The number of ether oxygens (including phenoxy) is 6. The number of methoxy groups -OCH3 is 1. The molecule has 0 aliphatic carbocycles. The molecule has 4 aliphatic rings. The smallest absolute Gasteiger partial charge is 0.358 e. The van der Waals surface area contributed by atoms with Gasteiger partial charge in [-0.05, 0) is 78.7 Å². The van der Waals surface area contributed by atoms with Gasteiger partial charge in [-0.15, -0.1) is 56.7 Å². The number of carbonyl (C=O) groups excluding carboxylic acids is 9. The highest BCUT2D eigenvalue weighted by molar-refractivity contribution is 7.14. The number of thiazole rings is 5. The molecule has 0 spiro atoms. The highest BCUT2D eigenvalue weighted by Gasteiger charge is 2.50. The van der Waals surface area contributed by atoms with E-state index < -0.39 is 145 Å². The quantitative estimate of drug-likeness (QED) is 0.0391. The van der Waals surface area contributed by atoms with Crippen LogP contribution in [-0.4, -0.2) is 226 Å². The molecule has 0 saturated carbocycles. The minimum atomic E-state index is -1.93. The number of allylic oxidation sites excluding steroid dienone is 1. The molecule has 0 radical (unpaired) electrons. The van der Waals surface area contributed by atoms with E-state index in [1.165, 1.54) is 72.4 Å². The lowest BCUT2D eigenvalue weighted by Gasteiger charge is -2.48. The molecule has 9 aromatic rings. The van der Waals surface area contributed by atoms with Gasteiger partial charge in [0.15, 0.2) is 18.1 Å². The van der Waals surface area contributed by atoms with Gasteiger partial charge < -0.3 is 96.4 Å². The van der Waals surface area contributed by atoms with Crippen molar-refractivity contribution in [3.8, 4) is 38.4 Å². The maximum atomic E-state index is 15.3. The van der Waals surface area contributed by atoms with Gasteiger partial charge in [-0.2, -0.15) is 4.73 Å². The van der Waals surface area contributed by atoms with Crippen LogP contribution >= 0.6 is 56.7 Å². The van der Waals surface area contributed by atoms with E-state index in [1.54, 1.807) is 69.1 Å². The topological polar surface area (TPSA) is 490 Å². The summed E-state index contributed by atoms with van der Waals surface area (Å²) in [6, 6.07) is 2.52. The van der Waals surface area contributed by atoms with E-state index in [4.69, 9.17) is 49.1 Å². The van der Waals surface area contributed by atoms with Gasteiger partial charge in [0.05, 0.1) is 43.1 Å². The first-order valence-electron chi connectivity index (χ1n) is 34.2. The first-order valence-corrected chi connectivity index (χ1v) is 38.6. The number of anilines is 1. The van der Waals surface area contributed by atoms with Gasteiger partial charge in [-0.3, -0.25) is 38.5 Å². The molecule has 1 aromatic carbocycles. The Kier molecular flexibility index (Phi) is 23.1. The van der Waals surface area contributed by atoms with Crippen molar-refractivity contribution in [1.29, 1.82) is 0 Å². The lowest BCUT2D eigenvalue weighted by molar-refractivity contribution is -0.280. The average Bonchev–Trinajstić information content (AvgIpc) is 1.61. The van der Waals surface area contributed by atoms with E-state index in [2.05, 4.69) is 51.8 Å². The maximum absolute atomic E-state index is 15.3. The van der Waals surface area contributed by atoms with Crippen LogP contribution in [0.3, 0.4) is 0 Å². The fourth-order valence-electron chi connectivity index (χ4n) is 13.3. The molecule has 41 heteroatoms. The Bertz CT molecular complexity index is 5150. The standard InChI is InChI=1S/C70H73N17O19S5/c1-29(88)48-62(96)83-49(30(2)101-8)65-78-42(28-109-65)61(95)84-52-54-55(106-46-19-70(4,99)56(85(5)6)31(3)105-46)69(98)103-21-32-10-9-11-43-47(32)35(22-102-54)53(87(43)100)68(97)104-23-37(75-59(93)40-27-111-67(52)80-40)64-76-38(24-108-64)50-34(63-77-41(25-107-63)60(94)82-48)18-44(89)51(81-50)66-79-39(26-110-66)58(92)74-36(57(71)91)20-86(7)17-14-45(90)73-33-12-15-72-16-13-33/h9-13,15-16,18,24-29,31,36-37,46,48,52,54-56,88-89,99-100H,14,17,19-23H2,1-8H3,(H2,71,91)(H,74,92)(H,75,93)(H,82,94)(H,83,96)(H,84,95)(H,72,73,90)/b49-30+/t29-,31+,36?,37+,46+,48+,52+,54+,55+,56-,70+/m1/s1.